The first-order chi connectivity index (χ1) is 8.75. The Morgan fingerprint density at radius 1 is 1.17 bits per heavy atom. The van der Waals surface area contributed by atoms with Crippen LogP contribution in [-0.4, -0.2) is 16.9 Å². The number of hydrogen-bond donors (Lipinski definition) is 1. The van der Waals surface area contributed by atoms with E-state index >= 15 is 0 Å². The van der Waals surface area contributed by atoms with Crippen LogP contribution in [0.15, 0.2) is 18.3 Å². The first-order valence-corrected chi connectivity index (χ1v) is 7.06. The monoisotopic (exact) mass is 266 g/mol. The van der Waals surface area contributed by atoms with Crippen molar-refractivity contribution in [2.45, 2.75) is 51.0 Å². The molecule has 1 heterocycles. The van der Waals surface area contributed by atoms with E-state index in [0.29, 0.717) is 16.8 Å². The van der Waals surface area contributed by atoms with Gasteiger partial charge < -0.3 is 5.32 Å². The quantitative estimate of drug-likeness (QED) is 0.832. The molecule has 0 atom stereocenters. The summed E-state index contributed by atoms with van der Waals surface area (Å²) in [6, 6.07) is 3.68. The molecule has 1 aliphatic carbocycles. The van der Waals surface area contributed by atoms with Crippen molar-refractivity contribution in [2.24, 2.45) is 0 Å². The summed E-state index contributed by atoms with van der Waals surface area (Å²) in [4.78, 5) is 16.0. The molecular formula is C14H19ClN2O. The molecule has 1 aromatic heterocycles. The van der Waals surface area contributed by atoms with E-state index in [1.54, 1.807) is 12.1 Å². The molecule has 0 saturated heterocycles. The van der Waals surface area contributed by atoms with Crippen LogP contribution < -0.4 is 5.32 Å². The maximum absolute atomic E-state index is 12.0. The van der Waals surface area contributed by atoms with E-state index in [2.05, 4.69) is 10.3 Å². The van der Waals surface area contributed by atoms with Gasteiger partial charge in [-0.25, -0.2) is 4.98 Å². The summed E-state index contributed by atoms with van der Waals surface area (Å²) in [7, 11) is 0. The molecule has 98 valence electrons. The van der Waals surface area contributed by atoms with E-state index in [0.717, 1.165) is 12.8 Å². The molecule has 3 nitrogen and oxygen atoms in total. The van der Waals surface area contributed by atoms with Crippen molar-refractivity contribution in [1.29, 1.82) is 0 Å². The second-order valence-electron chi connectivity index (χ2n) is 4.89. The van der Waals surface area contributed by atoms with Gasteiger partial charge in [-0.15, -0.1) is 0 Å². The lowest BCUT2D eigenvalue weighted by molar-refractivity contribution is 0.0930. The van der Waals surface area contributed by atoms with Crippen molar-refractivity contribution in [1.82, 2.24) is 10.3 Å². The molecular weight excluding hydrogens is 248 g/mol. The number of aromatic nitrogens is 1. The Hall–Kier alpha value is -1.09. The molecule has 0 aromatic carbocycles. The Balaban J connectivity index is 1.91. The second kappa shape index (κ2) is 6.74. The summed E-state index contributed by atoms with van der Waals surface area (Å²) >= 11 is 5.71. The number of hydrogen-bond acceptors (Lipinski definition) is 2. The van der Waals surface area contributed by atoms with E-state index in [1.807, 2.05) is 0 Å². The van der Waals surface area contributed by atoms with E-state index in [4.69, 9.17) is 11.6 Å². The van der Waals surface area contributed by atoms with Crippen LogP contribution in [0.1, 0.15) is 55.3 Å². The average molecular weight is 267 g/mol. The van der Waals surface area contributed by atoms with Crippen molar-refractivity contribution >= 4 is 17.5 Å². The van der Waals surface area contributed by atoms with E-state index < -0.39 is 0 Å². The van der Waals surface area contributed by atoms with Crippen LogP contribution in [0.5, 0.6) is 0 Å². The minimum absolute atomic E-state index is 0.0373. The number of pyridine rings is 1. The van der Waals surface area contributed by atoms with Crippen LogP contribution in [0.4, 0.5) is 0 Å². The fraction of sp³-hybridized carbons (Fsp3) is 0.571. The third-order valence-electron chi connectivity index (χ3n) is 3.43. The van der Waals surface area contributed by atoms with Gasteiger partial charge in [0.1, 0.15) is 5.15 Å². The average Bonchev–Trinajstić information content (AvgIpc) is 2.33. The van der Waals surface area contributed by atoms with Crippen LogP contribution in [0.25, 0.3) is 0 Å². The lowest BCUT2D eigenvalue weighted by Gasteiger charge is -2.20. The molecule has 2 rings (SSSR count). The molecule has 1 N–H and O–H groups in total. The summed E-state index contributed by atoms with van der Waals surface area (Å²) in [5, 5.41) is 3.51. The first-order valence-electron chi connectivity index (χ1n) is 6.68. The fourth-order valence-electron chi connectivity index (χ4n) is 2.38. The van der Waals surface area contributed by atoms with Gasteiger partial charge in [-0.05, 0) is 25.0 Å². The fourth-order valence-corrected chi connectivity index (χ4v) is 2.49. The molecule has 1 aromatic rings. The number of amides is 1. The molecule has 4 heteroatoms. The number of carbonyl (C=O) groups is 1. The van der Waals surface area contributed by atoms with Crippen molar-refractivity contribution in [3.63, 3.8) is 0 Å². The molecule has 0 bridgehead atoms. The highest BCUT2D eigenvalue weighted by Gasteiger charge is 2.15. The topological polar surface area (TPSA) is 42.0 Å². The Bertz CT molecular complexity index is 383. The van der Waals surface area contributed by atoms with E-state index in [-0.39, 0.29) is 5.91 Å². The van der Waals surface area contributed by atoms with Gasteiger partial charge in [0.2, 0.25) is 0 Å². The molecule has 0 radical (unpaired) electrons. The number of rotatable bonds is 2. The van der Waals surface area contributed by atoms with Gasteiger partial charge in [-0.2, -0.15) is 0 Å². The van der Waals surface area contributed by atoms with Gasteiger partial charge in [0.15, 0.2) is 0 Å². The minimum atomic E-state index is -0.0373. The minimum Gasteiger partial charge on any atom is -0.349 e. The zero-order chi connectivity index (χ0) is 12.8. The number of nitrogens with zero attached hydrogens (tertiary/aromatic N) is 1. The standard InChI is InChI=1S/C14H19ClN2O/c15-13-9-8-11(10-16-13)14(18)17-12-6-4-2-1-3-5-7-12/h8-10,12H,1-7H2,(H,17,18). The SMILES string of the molecule is O=C(NC1CCCCCCC1)c1ccc(Cl)nc1. The van der Waals surface area contributed by atoms with E-state index in [9.17, 15) is 4.79 Å². The predicted molar refractivity (Wildman–Crippen MR) is 72.8 cm³/mol. The van der Waals surface area contributed by atoms with Crippen LogP contribution in [-0.2, 0) is 0 Å². The number of halogens is 1. The van der Waals surface area contributed by atoms with Gasteiger partial charge in [-0.1, -0.05) is 43.7 Å². The third-order valence-corrected chi connectivity index (χ3v) is 3.65. The number of nitrogens with one attached hydrogen (secondary N) is 1. The molecule has 1 fully saturated rings. The molecule has 0 spiro atoms. The summed E-state index contributed by atoms with van der Waals surface area (Å²) in [5.41, 5.74) is 0.585. The molecule has 0 unspecified atom stereocenters. The summed E-state index contributed by atoms with van der Waals surface area (Å²) in [6.45, 7) is 0. The molecule has 0 aliphatic heterocycles. The van der Waals surface area contributed by atoms with Crippen molar-refractivity contribution in [3.8, 4) is 0 Å². The summed E-state index contributed by atoms with van der Waals surface area (Å²) in [5.74, 6) is -0.0373. The Kier molecular flexibility index (Phi) is 5.00. The lowest BCUT2D eigenvalue weighted by atomic mass is 9.96. The first kappa shape index (κ1) is 13.3. The van der Waals surface area contributed by atoms with E-state index in [1.165, 1.54) is 38.3 Å². The highest BCUT2D eigenvalue weighted by atomic mass is 35.5. The maximum atomic E-state index is 12.0. The van der Waals surface area contributed by atoms with Crippen LogP contribution in [0, 0.1) is 0 Å². The zero-order valence-corrected chi connectivity index (χ0v) is 11.2. The Morgan fingerprint density at radius 3 is 2.44 bits per heavy atom. The van der Waals surface area contributed by atoms with Crippen LogP contribution >= 0.6 is 11.6 Å². The maximum Gasteiger partial charge on any atom is 0.253 e. The van der Waals surface area contributed by atoms with Crippen molar-refractivity contribution < 1.29 is 4.79 Å². The van der Waals surface area contributed by atoms with Gasteiger partial charge in [0.25, 0.3) is 5.91 Å². The van der Waals surface area contributed by atoms with Gasteiger partial charge in [-0.3, -0.25) is 4.79 Å². The molecule has 1 saturated carbocycles. The summed E-state index contributed by atoms with van der Waals surface area (Å²) < 4.78 is 0. The van der Waals surface area contributed by atoms with Gasteiger partial charge in [0.05, 0.1) is 5.56 Å². The number of carbonyl (C=O) groups excluding carboxylic acids is 1. The van der Waals surface area contributed by atoms with Crippen molar-refractivity contribution in [3.05, 3.63) is 29.0 Å². The smallest absolute Gasteiger partial charge is 0.253 e. The predicted octanol–water partition coefficient (Wildman–Crippen LogP) is 3.58. The molecule has 1 amide bonds. The second-order valence-corrected chi connectivity index (χ2v) is 5.27. The Labute approximate surface area is 113 Å². The van der Waals surface area contributed by atoms with Gasteiger partial charge >= 0.3 is 0 Å². The largest absolute Gasteiger partial charge is 0.349 e. The summed E-state index contributed by atoms with van der Waals surface area (Å²) in [6.07, 6.45) is 10.0. The zero-order valence-electron chi connectivity index (χ0n) is 10.5. The third kappa shape index (κ3) is 3.98. The van der Waals surface area contributed by atoms with Gasteiger partial charge in [0, 0.05) is 12.2 Å². The highest BCUT2D eigenvalue weighted by Crippen LogP contribution is 2.17. The molecule has 18 heavy (non-hydrogen) atoms. The highest BCUT2D eigenvalue weighted by molar-refractivity contribution is 6.29. The normalized spacial score (nSPS) is 17.8. The van der Waals surface area contributed by atoms with Crippen LogP contribution in [0.3, 0.4) is 0 Å². The molecule has 1 aliphatic rings. The lowest BCUT2D eigenvalue weighted by Crippen LogP contribution is -2.35. The van der Waals surface area contributed by atoms with Crippen molar-refractivity contribution in [2.75, 3.05) is 0 Å². The Morgan fingerprint density at radius 2 is 1.83 bits per heavy atom. The van der Waals surface area contributed by atoms with Crippen LogP contribution in [0.2, 0.25) is 5.15 Å².